The molecule has 1 aromatic heterocycles. The third-order valence-electron chi connectivity index (χ3n) is 2.64. The summed E-state index contributed by atoms with van der Waals surface area (Å²) in [4.78, 5) is 19.6. The second kappa shape index (κ2) is 7.11. The van der Waals surface area contributed by atoms with Gasteiger partial charge in [0.25, 0.3) is 5.91 Å². The summed E-state index contributed by atoms with van der Waals surface area (Å²) in [5.41, 5.74) is 6.56. The molecule has 0 saturated carbocycles. The van der Waals surface area contributed by atoms with Crippen LogP contribution in [-0.2, 0) is 0 Å². The molecule has 0 aliphatic carbocycles. The van der Waals surface area contributed by atoms with Gasteiger partial charge in [0.2, 0.25) is 0 Å². The number of hydrogen-bond acceptors (Lipinski definition) is 5. The smallest absolute Gasteiger partial charge is 0.271 e. The average Bonchev–Trinajstić information content (AvgIpc) is 2.48. The summed E-state index contributed by atoms with van der Waals surface area (Å²) in [7, 11) is 0. The first kappa shape index (κ1) is 16.1. The average molecular weight is 339 g/mol. The molecule has 0 saturated heterocycles. The molecule has 0 spiro atoms. The number of rotatable bonds is 4. The standard InChI is InChI=1S/C14H12Cl2N4O2/c15-9-3-8(13(21)11(16)4-9)5-18-7-20-14(22)12-2-1-10(17)6-19-12/h1-6,21H,7,17H2,(H,20,22). The number of phenols is 1. The Labute approximate surface area is 136 Å². The highest BCUT2D eigenvalue weighted by Gasteiger charge is 2.07. The third kappa shape index (κ3) is 4.09. The van der Waals surface area contributed by atoms with E-state index in [1.165, 1.54) is 30.6 Å². The van der Waals surface area contributed by atoms with E-state index in [0.717, 1.165) is 0 Å². The fourth-order valence-electron chi connectivity index (χ4n) is 1.58. The number of carbonyl (C=O) groups is 1. The fraction of sp³-hybridized carbons (Fsp3) is 0.0714. The lowest BCUT2D eigenvalue weighted by Crippen LogP contribution is -2.24. The van der Waals surface area contributed by atoms with Gasteiger partial charge in [0.05, 0.1) is 16.9 Å². The molecule has 22 heavy (non-hydrogen) atoms. The number of nitrogen functional groups attached to an aromatic ring is 1. The Morgan fingerprint density at radius 2 is 2.18 bits per heavy atom. The van der Waals surface area contributed by atoms with Gasteiger partial charge < -0.3 is 16.2 Å². The van der Waals surface area contributed by atoms with E-state index in [9.17, 15) is 9.90 Å². The molecular weight excluding hydrogens is 327 g/mol. The van der Waals surface area contributed by atoms with Crippen LogP contribution in [0.15, 0.2) is 35.5 Å². The molecule has 0 unspecified atom stereocenters. The molecule has 0 aliphatic rings. The van der Waals surface area contributed by atoms with Gasteiger partial charge in [-0.3, -0.25) is 9.79 Å². The number of halogens is 2. The Bertz CT molecular complexity index is 718. The van der Waals surface area contributed by atoms with E-state index in [1.54, 1.807) is 6.07 Å². The van der Waals surface area contributed by atoms with E-state index < -0.39 is 0 Å². The minimum atomic E-state index is -0.384. The molecule has 8 heteroatoms. The van der Waals surface area contributed by atoms with Crippen LogP contribution in [0.25, 0.3) is 0 Å². The summed E-state index contributed by atoms with van der Waals surface area (Å²) < 4.78 is 0. The van der Waals surface area contributed by atoms with E-state index in [4.69, 9.17) is 28.9 Å². The minimum Gasteiger partial charge on any atom is -0.506 e. The van der Waals surface area contributed by atoms with Crippen molar-refractivity contribution in [2.24, 2.45) is 4.99 Å². The molecule has 0 atom stereocenters. The van der Waals surface area contributed by atoms with Crippen LogP contribution in [-0.4, -0.2) is 28.9 Å². The number of benzene rings is 1. The monoisotopic (exact) mass is 338 g/mol. The van der Waals surface area contributed by atoms with Crippen molar-refractivity contribution >= 4 is 41.0 Å². The van der Waals surface area contributed by atoms with Gasteiger partial charge >= 0.3 is 0 Å². The zero-order valence-corrected chi connectivity index (χ0v) is 12.8. The van der Waals surface area contributed by atoms with Gasteiger partial charge in [-0.15, -0.1) is 0 Å². The fourth-order valence-corrected chi connectivity index (χ4v) is 2.09. The van der Waals surface area contributed by atoms with Gasteiger partial charge in [-0.05, 0) is 24.3 Å². The molecule has 0 fully saturated rings. The van der Waals surface area contributed by atoms with E-state index >= 15 is 0 Å². The first-order chi connectivity index (χ1) is 10.5. The van der Waals surface area contributed by atoms with Gasteiger partial charge in [-0.2, -0.15) is 0 Å². The first-order valence-electron chi connectivity index (χ1n) is 6.15. The summed E-state index contributed by atoms with van der Waals surface area (Å²) in [6, 6.07) is 6.02. The number of pyridine rings is 1. The van der Waals surface area contributed by atoms with Crippen LogP contribution in [0, 0.1) is 0 Å². The zero-order chi connectivity index (χ0) is 16.1. The van der Waals surface area contributed by atoms with Crippen LogP contribution in [0.5, 0.6) is 5.75 Å². The molecule has 0 radical (unpaired) electrons. The summed E-state index contributed by atoms with van der Waals surface area (Å²) in [5, 5.41) is 12.8. The van der Waals surface area contributed by atoms with Gasteiger partial charge in [0.1, 0.15) is 18.1 Å². The topological polar surface area (TPSA) is 101 Å². The van der Waals surface area contributed by atoms with Crippen LogP contribution < -0.4 is 11.1 Å². The number of carbonyl (C=O) groups excluding carboxylic acids is 1. The normalized spacial score (nSPS) is 10.8. The van der Waals surface area contributed by atoms with Crippen LogP contribution in [0.3, 0.4) is 0 Å². The van der Waals surface area contributed by atoms with Crippen LogP contribution in [0.2, 0.25) is 10.0 Å². The van der Waals surface area contributed by atoms with Crippen LogP contribution >= 0.6 is 23.2 Å². The van der Waals surface area contributed by atoms with Crippen molar-refractivity contribution in [1.29, 1.82) is 0 Å². The molecule has 114 valence electrons. The lowest BCUT2D eigenvalue weighted by molar-refractivity contribution is 0.0950. The van der Waals surface area contributed by atoms with Crippen molar-refractivity contribution in [3.63, 3.8) is 0 Å². The molecule has 1 heterocycles. The van der Waals surface area contributed by atoms with Crippen LogP contribution in [0.4, 0.5) is 5.69 Å². The van der Waals surface area contributed by atoms with Crippen LogP contribution in [0.1, 0.15) is 16.1 Å². The van der Waals surface area contributed by atoms with E-state index in [2.05, 4.69) is 15.3 Å². The number of aromatic hydroxyl groups is 1. The Morgan fingerprint density at radius 3 is 2.86 bits per heavy atom. The Morgan fingerprint density at radius 1 is 1.41 bits per heavy atom. The summed E-state index contributed by atoms with van der Waals surface area (Å²) in [5.74, 6) is -0.508. The molecule has 2 aromatic rings. The van der Waals surface area contributed by atoms with Gasteiger partial charge in [-0.25, -0.2) is 4.98 Å². The maximum atomic E-state index is 11.8. The molecule has 1 amide bonds. The second-order valence-corrected chi connectivity index (χ2v) is 5.12. The number of phenolic OH excluding ortho intramolecular Hbond substituents is 1. The molecule has 0 aliphatic heterocycles. The quantitative estimate of drug-likeness (QED) is 0.745. The summed E-state index contributed by atoms with van der Waals surface area (Å²) in [6.07, 6.45) is 2.76. The minimum absolute atomic E-state index is 0.00839. The van der Waals surface area contributed by atoms with Crippen molar-refractivity contribution in [3.8, 4) is 5.75 Å². The SMILES string of the molecule is Nc1ccc(C(=O)NCN=Cc2cc(Cl)cc(Cl)c2O)nc1. The first-order valence-corrected chi connectivity index (χ1v) is 6.90. The van der Waals surface area contributed by atoms with Crippen molar-refractivity contribution in [3.05, 3.63) is 51.8 Å². The van der Waals surface area contributed by atoms with Crippen molar-refractivity contribution in [2.75, 3.05) is 12.4 Å². The van der Waals surface area contributed by atoms with E-state index in [0.29, 0.717) is 16.3 Å². The number of hydrogen-bond donors (Lipinski definition) is 3. The second-order valence-electron chi connectivity index (χ2n) is 4.28. The maximum absolute atomic E-state index is 11.8. The summed E-state index contributed by atoms with van der Waals surface area (Å²) >= 11 is 11.6. The van der Waals surface area contributed by atoms with Gasteiger partial charge in [0, 0.05) is 16.8 Å². The largest absolute Gasteiger partial charge is 0.506 e. The summed E-state index contributed by atoms with van der Waals surface area (Å²) in [6.45, 7) is 0.00839. The van der Waals surface area contributed by atoms with E-state index in [-0.39, 0.29) is 29.0 Å². The Balaban J connectivity index is 1.96. The number of amides is 1. The highest BCUT2D eigenvalue weighted by atomic mass is 35.5. The van der Waals surface area contributed by atoms with E-state index in [1.807, 2.05) is 0 Å². The molecule has 1 aromatic carbocycles. The lowest BCUT2D eigenvalue weighted by atomic mass is 10.2. The highest BCUT2D eigenvalue weighted by Crippen LogP contribution is 2.29. The Hall–Kier alpha value is -2.31. The number of aliphatic imine (C=N–C) groups is 1. The number of nitrogens with two attached hydrogens (primary N) is 1. The molecule has 4 N–H and O–H groups in total. The van der Waals surface area contributed by atoms with Crippen molar-refractivity contribution in [2.45, 2.75) is 0 Å². The Kier molecular flexibility index (Phi) is 5.19. The zero-order valence-electron chi connectivity index (χ0n) is 11.3. The molecular formula is C14H12Cl2N4O2. The number of nitrogens with zero attached hydrogens (tertiary/aromatic N) is 2. The number of nitrogens with one attached hydrogen (secondary N) is 1. The van der Waals surface area contributed by atoms with Crippen molar-refractivity contribution < 1.29 is 9.90 Å². The third-order valence-corrected chi connectivity index (χ3v) is 3.14. The predicted molar refractivity (Wildman–Crippen MR) is 86.7 cm³/mol. The molecule has 6 nitrogen and oxygen atoms in total. The van der Waals surface area contributed by atoms with Gasteiger partial charge in [0.15, 0.2) is 0 Å². The molecule has 0 bridgehead atoms. The number of anilines is 1. The predicted octanol–water partition coefficient (Wildman–Crippen LogP) is 2.48. The van der Waals surface area contributed by atoms with Crippen molar-refractivity contribution in [1.82, 2.24) is 10.3 Å². The van der Waals surface area contributed by atoms with Gasteiger partial charge in [-0.1, -0.05) is 23.2 Å². The number of aromatic nitrogens is 1. The molecule has 2 rings (SSSR count). The lowest BCUT2D eigenvalue weighted by Gasteiger charge is -2.03. The maximum Gasteiger partial charge on any atom is 0.271 e. The highest BCUT2D eigenvalue weighted by molar-refractivity contribution is 6.36.